The van der Waals surface area contributed by atoms with Crippen molar-refractivity contribution in [2.24, 2.45) is 5.92 Å². The molecule has 0 aliphatic heterocycles. The van der Waals surface area contributed by atoms with Gasteiger partial charge in [0.15, 0.2) is 34.9 Å². The van der Waals surface area contributed by atoms with Crippen molar-refractivity contribution in [3.8, 4) is 35.2 Å². The third-order valence-electron chi connectivity index (χ3n) is 7.38. The molecule has 0 spiro atoms. The third-order valence-corrected chi connectivity index (χ3v) is 7.38. The second kappa shape index (κ2) is 17.5. The van der Waals surface area contributed by atoms with E-state index in [1.165, 1.54) is 0 Å². The van der Waals surface area contributed by atoms with Gasteiger partial charge in [-0.2, -0.15) is 0 Å². The summed E-state index contributed by atoms with van der Waals surface area (Å²) in [5.41, 5.74) is -1.87. The Morgan fingerprint density at radius 1 is 0.440 bits per heavy atom. The summed E-state index contributed by atoms with van der Waals surface area (Å²) in [6, 6.07) is 6.21. The molecule has 0 atom stereocenters. The minimum absolute atomic E-state index is 0.0573. The standard InChI is InChI=1S/C38H28F10O2/c1-22(6-2-4-12-49-25-18-29(39)27(30(40)19-25)10-8-23-14-33(43)37(47)34(44)15-23)7-3-5-13-50-26-20-31(41)28(32(42)21-26)11-9-24-16-35(45)38(48)36(46)17-24/h14-22H,2-7,12-13H2,1H3. The van der Waals surface area contributed by atoms with Crippen molar-refractivity contribution in [2.75, 3.05) is 13.2 Å². The van der Waals surface area contributed by atoms with Gasteiger partial charge in [-0.25, -0.2) is 43.9 Å². The summed E-state index contributed by atoms with van der Waals surface area (Å²) < 4.78 is 148. The smallest absolute Gasteiger partial charge is 0.194 e. The van der Waals surface area contributed by atoms with Crippen LogP contribution in [0.2, 0.25) is 0 Å². The second-order valence-electron chi connectivity index (χ2n) is 11.3. The highest BCUT2D eigenvalue weighted by atomic mass is 19.2. The lowest BCUT2D eigenvalue weighted by Gasteiger charge is -2.12. The Hall–Kier alpha value is -5.10. The van der Waals surface area contributed by atoms with Crippen molar-refractivity contribution in [3.05, 3.63) is 129 Å². The van der Waals surface area contributed by atoms with E-state index in [-0.39, 0.29) is 35.8 Å². The van der Waals surface area contributed by atoms with Crippen LogP contribution in [-0.4, -0.2) is 13.2 Å². The SMILES string of the molecule is CC(CCCCOc1cc(F)c(C#Cc2cc(F)c(F)c(F)c2)c(F)c1)CCCCOc1cc(F)c(C#Cc2cc(F)c(F)c(F)c2)c(F)c1. The monoisotopic (exact) mass is 706 g/mol. The predicted octanol–water partition coefficient (Wildman–Crippen LogP) is 10.3. The Kier molecular flexibility index (Phi) is 13.2. The summed E-state index contributed by atoms with van der Waals surface area (Å²) in [4.78, 5) is 0. The summed E-state index contributed by atoms with van der Waals surface area (Å²) in [7, 11) is 0. The van der Waals surface area contributed by atoms with Gasteiger partial charge in [-0.3, -0.25) is 0 Å². The van der Waals surface area contributed by atoms with E-state index in [0.29, 0.717) is 43.0 Å². The van der Waals surface area contributed by atoms with E-state index in [9.17, 15) is 43.9 Å². The zero-order chi connectivity index (χ0) is 36.4. The molecule has 12 heteroatoms. The van der Waals surface area contributed by atoms with Gasteiger partial charge in [-0.1, -0.05) is 43.4 Å². The van der Waals surface area contributed by atoms with Crippen LogP contribution < -0.4 is 9.47 Å². The fourth-order valence-electron chi connectivity index (χ4n) is 4.74. The summed E-state index contributed by atoms with van der Waals surface area (Å²) in [6.07, 6.45) is 4.46. The molecule has 50 heavy (non-hydrogen) atoms. The molecule has 0 unspecified atom stereocenters. The molecule has 4 aromatic carbocycles. The van der Waals surface area contributed by atoms with Crippen molar-refractivity contribution in [3.63, 3.8) is 0 Å². The number of unbranched alkanes of at least 4 members (excludes halogenated alkanes) is 2. The van der Waals surface area contributed by atoms with Crippen LogP contribution in [0.5, 0.6) is 11.5 Å². The van der Waals surface area contributed by atoms with Crippen LogP contribution in [0.25, 0.3) is 0 Å². The van der Waals surface area contributed by atoms with Gasteiger partial charge in [0.25, 0.3) is 0 Å². The topological polar surface area (TPSA) is 18.5 Å². The molecule has 4 rings (SSSR count). The third kappa shape index (κ3) is 10.4. The van der Waals surface area contributed by atoms with Gasteiger partial charge in [0, 0.05) is 35.4 Å². The molecule has 0 aliphatic carbocycles. The van der Waals surface area contributed by atoms with Gasteiger partial charge >= 0.3 is 0 Å². The van der Waals surface area contributed by atoms with Crippen LogP contribution in [0.3, 0.4) is 0 Å². The molecule has 0 amide bonds. The normalized spacial score (nSPS) is 10.8. The van der Waals surface area contributed by atoms with Gasteiger partial charge in [0.2, 0.25) is 0 Å². The summed E-state index contributed by atoms with van der Waals surface area (Å²) in [5, 5.41) is 0. The maximum atomic E-state index is 14.4. The second-order valence-corrected chi connectivity index (χ2v) is 11.3. The van der Waals surface area contributed by atoms with Crippen LogP contribution in [0.4, 0.5) is 43.9 Å². The molecule has 0 bridgehead atoms. The van der Waals surface area contributed by atoms with Crippen LogP contribution >= 0.6 is 0 Å². The quantitative estimate of drug-likeness (QED) is 0.0632. The average Bonchev–Trinajstić information content (AvgIpc) is 3.05. The molecule has 0 aromatic heterocycles. The first-order chi connectivity index (χ1) is 23.8. The summed E-state index contributed by atoms with van der Waals surface area (Å²) in [5.74, 6) is -4.45. The lowest BCUT2D eigenvalue weighted by Crippen LogP contribution is -2.03. The zero-order valence-electron chi connectivity index (χ0n) is 26.4. The number of hydrogen-bond donors (Lipinski definition) is 0. The largest absolute Gasteiger partial charge is 0.493 e. The molecule has 0 radical (unpaired) electrons. The molecule has 4 aromatic rings. The highest BCUT2D eigenvalue weighted by Gasteiger charge is 2.14. The fourth-order valence-corrected chi connectivity index (χ4v) is 4.74. The van der Waals surface area contributed by atoms with E-state index >= 15 is 0 Å². The van der Waals surface area contributed by atoms with Crippen LogP contribution in [0.15, 0.2) is 48.5 Å². The van der Waals surface area contributed by atoms with Crippen molar-refractivity contribution >= 4 is 0 Å². The van der Waals surface area contributed by atoms with E-state index in [0.717, 1.165) is 49.9 Å². The molecular formula is C38H28F10O2. The Balaban J connectivity index is 1.14. The molecule has 262 valence electrons. The van der Waals surface area contributed by atoms with Gasteiger partial charge in [0.05, 0.1) is 24.3 Å². The molecule has 0 saturated heterocycles. The molecule has 2 nitrogen and oxygen atoms in total. The Morgan fingerprint density at radius 3 is 1.08 bits per heavy atom. The molecule has 0 heterocycles. The van der Waals surface area contributed by atoms with Crippen molar-refractivity contribution < 1.29 is 53.4 Å². The number of benzene rings is 4. The van der Waals surface area contributed by atoms with E-state index in [2.05, 4.69) is 30.6 Å². The first kappa shape index (κ1) is 37.7. The number of ether oxygens (including phenoxy) is 2. The Bertz CT molecular complexity index is 1740. The molecule has 0 fully saturated rings. The zero-order valence-corrected chi connectivity index (χ0v) is 26.4. The molecule has 0 N–H and O–H groups in total. The highest BCUT2D eigenvalue weighted by molar-refractivity contribution is 5.47. The fraction of sp³-hybridized carbons (Fsp3) is 0.263. The minimum atomic E-state index is -1.68. The van der Waals surface area contributed by atoms with Gasteiger partial charge in [-0.05, 0) is 55.9 Å². The first-order valence-corrected chi connectivity index (χ1v) is 15.4. The summed E-state index contributed by atoms with van der Waals surface area (Å²) >= 11 is 0. The highest BCUT2D eigenvalue weighted by Crippen LogP contribution is 2.24. The van der Waals surface area contributed by atoms with Crippen molar-refractivity contribution in [2.45, 2.75) is 45.4 Å². The lowest BCUT2D eigenvalue weighted by atomic mass is 9.98. The molecule has 0 saturated carbocycles. The van der Waals surface area contributed by atoms with Crippen LogP contribution in [0, 0.1) is 87.8 Å². The minimum Gasteiger partial charge on any atom is -0.493 e. The van der Waals surface area contributed by atoms with Gasteiger partial charge in [-0.15, -0.1) is 0 Å². The molecule has 0 aliphatic rings. The Labute approximate surface area is 282 Å². The van der Waals surface area contributed by atoms with Crippen LogP contribution in [0.1, 0.15) is 67.7 Å². The van der Waals surface area contributed by atoms with E-state index in [4.69, 9.17) is 9.47 Å². The summed E-state index contributed by atoms with van der Waals surface area (Å²) in [6.45, 7) is 2.44. The van der Waals surface area contributed by atoms with Gasteiger partial charge < -0.3 is 9.47 Å². The maximum Gasteiger partial charge on any atom is 0.194 e. The van der Waals surface area contributed by atoms with E-state index < -0.39 is 69.3 Å². The predicted molar refractivity (Wildman–Crippen MR) is 165 cm³/mol. The maximum absolute atomic E-state index is 14.4. The van der Waals surface area contributed by atoms with Crippen molar-refractivity contribution in [1.82, 2.24) is 0 Å². The molecular weight excluding hydrogens is 678 g/mol. The number of hydrogen-bond acceptors (Lipinski definition) is 2. The van der Waals surface area contributed by atoms with Crippen LogP contribution in [-0.2, 0) is 0 Å². The lowest BCUT2D eigenvalue weighted by molar-refractivity contribution is 0.287. The number of halogens is 10. The van der Waals surface area contributed by atoms with Crippen molar-refractivity contribution in [1.29, 1.82) is 0 Å². The Morgan fingerprint density at radius 2 is 0.760 bits per heavy atom. The first-order valence-electron chi connectivity index (χ1n) is 15.4. The van der Waals surface area contributed by atoms with Gasteiger partial charge in [0.1, 0.15) is 34.8 Å². The average molecular weight is 707 g/mol. The number of rotatable bonds is 12. The van der Waals surface area contributed by atoms with E-state index in [1.807, 2.05) is 0 Å². The van der Waals surface area contributed by atoms with E-state index in [1.54, 1.807) is 0 Å².